The van der Waals surface area contributed by atoms with Crippen molar-refractivity contribution in [1.29, 1.82) is 0 Å². The lowest BCUT2D eigenvalue weighted by atomic mass is 10.2. The maximum Gasteiger partial charge on any atom is 0.252 e. The first-order valence-electron chi connectivity index (χ1n) is 5.91. The third-order valence-electron chi connectivity index (χ3n) is 2.81. The van der Waals surface area contributed by atoms with Crippen LogP contribution in [0.2, 0.25) is 0 Å². The highest BCUT2D eigenvalue weighted by Crippen LogP contribution is 2.14. The molecule has 0 spiro atoms. The molecule has 0 aliphatic rings. The van der Waals surface area contributed by atoms with E-state index >= 15 is 0 Å². The molecule has 5 N–H and O–H groups in total. The maximum absolute atomic E-state index is 11.3. The maximum atomic E-state index is 11.3. The second-order valence-electron chi connectivity index (χ2n) is 4.53. The zero-order valence-corrected chi connectivity index (χ0v) is 11.1. The number of pyridine rings is 1. The molecule has 1 heterocycles. The topological polar surface area (TPSA) is 97.3 Å². The third kappa shape index (κ3) is 3.89. The fraction of sp³-hybridized carbons (Fsp3) is 0.500. The summed E-state index contributed by atoms with van der Waals surface area (Å²) in [4.78, 5) is 17.5. The number of rotatable bonds is 6. The van der Waals surface area contributed by atoms with E-state index in [1.807, 2.05) is 7.05 Å². The molecule has 0 radical (unpaired) electrons. The molecule has 0 atom stereocenters. The van der Waals surface area contributed by atoms with Gasteiger partial charge >= 0.3 is 0 Å². The van der Waals surface area contributed by atoms with E-state index in [0.717, 1.165) is 6.54 Å². The minimum Gasteiger partial charge on any atom is -0.397 e. The number of anilines is 2. The predicted octanol–water partition coefficient (Wildman–Crippen LogP) is 0.515. The lowest BCUT2D eigenvalue weighted by molar-refractivity contribution is 0.100. The smallest absolute Gasteiger partial charge is 0.252 e. The molecule has 100 valence electrons. The Morgan fingerprint density at radius 2 is 2.22 bits per heavy atom. The van der Waals surface area contributed by atoms with Crippen molar-refractivity contribution in [2.24, 2.45) is 5.73 Å². The van der Waals surface area contributed by atoms with E-state index in [-0.39, 0.29) is 0 Å². The number of likely N-dealkylation sites (N-methyl/N-ethyl adjacent to an activating group) is 1. The van der Waals surface area contributed by atoms with Crippen molar-refractivity contribution >= 4 is 17.4 Å². The minimum absolute atomic E-state index is 0.321. The quantitative estimate of drug-likeness (QED) is 0.684. The van der Waals surface area contributed by atoms with Crippen molar-refractivity contribution in [3.63, 3.8) is 0 Å². The minimum atomic E-state index is -0.533. The molecule has 1 amide bonds. The highest BCUT2D eigenvalue weighted by atomic mass is 16.1. The number of aromatic nitrogens is 1. The Balaban J connectivity index is 2.65. The van der Waals surface area contributed by atoms with Gasteiger partial charge < -0.3 is 21.7 Å². The molecule has 0 fully saturated rings. The van der Waals surface area contributed by atoms with Gasteiger partial charge in [-0.3, -0.25) is 4.79 Å². The fourth-order valence-electron chi connectivity index (χ4n) is 1.42. The van der Waals surface area contributed by atoms with E-state index in [9.17, 15) is 4.79 Å². The molecular formula is C12H21N5O. The molecule has 0 saturated carbocycles. The molecular weight excluding hydrogens is 230 g/mol. The normalized spacial score (nSPS) is 10.9. The Bertz CT molecular complexity index is 419. The average Bonchev–Trinajstić information content (AvgIpc) is 2.30. The third-order valence-corrected chi connectivity index (χ3v) is 2.81. The average molecular weight is 251 g/mol. The predicted molar refractivity (Wildman–Crippen MR) is 73.4 cm³/mol. The van der Waals surface area contributed by atoms with Crippen molar-refractivity contribution < 1.29 is 4.79 Å². The number of carbonyl (C=O) groups excluding carboxylic acids is 1. The van der Waals surface area contributed by atoms with E-state index in [2.05, 4.69) is 29.0 Å². The molecule has 1 rings (SSSR count). The van der Waals surface area contributed by atoms with Crippen LogP contribution in [0.3, 0.4) is 0 Å². The summed E-state index contributed by atoms with van der Waals surface area (Å²) < 4.78 is 0. The van der Waals surface area contributed by atoms with Crippen molar-refractivity contribution in [2.45, 2.75) is 19.9 Å². The molecule has 0 aromatic carbocycles. The standard InChI is InChI=1S/C12H21N5O/c1-8(2)17(3)5-4-15-12-10(11(14)18)6-9(13)7-16-12/h6-8H,4-5,13H2,1-3H3,(H2,14,18)(H,15,16). The number of hydrogen-bond donors (Lipinski definition) is 3. The Morgan fingerprint density at radius 1 is 1.56 bits per heavy atom. The molecule has 18 heavy (non-hydrogen) atoms. The summed E-state index contributed by atoms with van der Waals surface area (Å²) in [6.07, 6.45) is 1.50. The second kappa shape index (κ2) is 6.20. The molecule has 6 heteroatoms. The number of nitrogens with one attached hydrogen (secondary N) is 1. The summed E-state index contributed by atoms with van der Waals surface area (Å²) in [5.74, 6) is -0.0524. The van der Waals surface area contributed by atoms with Crippen LogP contribution in [-0.2, 0) is 0 Å². The molecule has 0 unspecified atom stereocenters. The van der Waals surface area contributed by atoms with Crippen molar-refractivity contribution in [3.8, 4) is 0 Å². The van der Waals surface area contributed by atoms with Gasteiger partial charge in [0.05, 0.1) is 17.4 Å². The molecule has 1 aromatic heterocycles. The van der Waals surface area contributed by atoms with Gasteiger partial charge in [-0.15, -0.1) is 0 Å². The molecule has 0 bridgehead atoms. The SMILES string of the molecule is CC(C)N(C)CCNc1ncc(N)cc1C(N)=O. The van der Waals surface area contributed by atoms with Crippen molar-refractivity contribution in [3.05, 3.63) is 17.8 Å². The zero-order valence-electron chi connectivity index (χ0n) is 11.1. The molecule has 6 nitrogen and oxygen atoms in total. The van der Waals surface area contributed by atoms with Crippen molar-refractivity contribution in [1.82, 2.24) is 9.88 Å². The van der Waals surface area contributed by atoms with E-state index < -0.39 is 5.91 Å². The van der Waals surface area contributed by atoms with Crippen LogP contribution >= 0.6 is 0 Å². The molecule has 0 aliphatic heterocycles. The van der Waals surface area contributed by atoms with Crippen LogP contribution in [0.5, 0.6) is 0 Å². The van der Waals surface area contributed by atoms with Crippen molar-refractivity contribution in [2.75, 3.05) is 31.2 Å². The van der Waals surface area contributed by atoms with Gasteiger partial charge in [-0.2, -0.15) is 0 Å². The monoisotopic (exact) mass is 251 g/mol. The number of amides is 1. The van der Waals surface area contributed by atoms with E-state index in [0.29, 0.717) is 29.7 Å². The van der Waals surface area contributed by atoms with Gasteiger partial charge in [-0.1, -0.05) is 0 Å². The summed E-state index contributed by atoms with van der Waals surface area (Å²) in [7, 11) is 2.04. The zero-order chi connectivity index (χ0) is 13.7. The van der Waals surface area contributed by atoms with Crippen LogP contribution in [0.1, 0.15) is 24.2 Å². The summed E-state index contributed by atoms with van der Waals surface area (Å²) in [6, 6.07) is 2.01. The number of nitrogen functional groups attached to an aromatic ring is 1. The van der Waals surface area contributed by atoms with Gasteiger partial charge in [-0.05, 0) is 27.0 Å². The lowest BCUT2D eigenvalue weighted by Crippen LogP contribution is -2.31. The lowest BCUT2D eigenvalue weighted by Gasteiger charge is -2.21. The first kappa shape index (κ1) is 14.2. The van der Waals surface area contributed by atoms with Gasteiger partial charge in [0, 0.05) is 19.1 Å². The molecule has 0 saturated heterocycles. The summed E-state index contributed by atoms with van der Waals surface area (Å²) in [5.41, 5.74) is 11.6. The highest BCUT2D eigenvalue weighted by molar-refractivity contribution is 5.98. The second-order valence-corrected chi connectivity index (χ2v) is 4.53. The van der Waals surface area contributed by atoms with Gasteiger partial charge in [0.1, 0.15) is 5.82 Å². The first-order chi connectivity index (χ1) is 8.41. The van der Waals surface area contributed by atoms with Gasteiger partial charge in [0.25, 0.3) is 5.91 Å². The largest absolute Gasteiger partial charge is 0.397 e. The number of hydrogen-bond acceptors (Lipinski definition) is 5. The summed E-state index contributed by atoms with van der Waals surface area (Å²) >= 11 is 0. The van der Waals surface area contributed by atoms with Crippen LogP contribution in [-0.4, -0.2) is 42.0 Å². The Kier molecular flexibility index (Phi) is 4.91. The van der Waals surface area contributed by atoms with Gasteiger partial charge in [-0.25, -0.2) is 4.98 Å². The molecule has 0 aliphatic carbocycles. The Morgan fingerprint density at radius 3 is 2.78 bits per heavy atom. The van der Waals surface area contributed by atoms with E-state index in [4.69, 9.17) is 11.5 Å². The van der Waals surface area contributed by atoms with E-state index in [1.54, 1.807) is 0 Å². The Labute approximate surface area is 107 Å². The van der Waals surface area contributed by atoms with Crippen LogP contribution in [0, 0.1) is 0 Å². The number of nitrogens with two attached hydrogens (primary N) is 2. The first-order valence-corrected chi connectivity index (χ1v) is 5.91. The number of carbonyl (C=O) groups is 1. The summed E-state index contributed by atoms with van der Waals surface area (Å²) in [6.45, 7) is 5.78. The van der Waals surface area contributed by atoms with Crippen LogP contribution in [0.4, 0.5) is 11.5 Å². The Hall–Kier alpha value is -1.82. The summed E-state index contributed by atoms with van der Waals surface area (Å²) in [5, 5.41) is 3.10. The molecule has 1 aromatic rings. The fourth-order valence-corrected chi connectivity index (χ4v) is 1.42. The number of primary amides is 1. The van der Waals surface area contributed by atoms with Gasteiger partial charge in [0.2, 0.25) is 0 Å². The van der Waals surface area contributed by atoms with E-state index in [1.165, 1.54) is 12.3 Å². The number of nitrogens with zero attached hydrogens (tertiary/aromatic N) is 2. The van der Waals surface area contributed by atoms with Crippen LogP contribution in [0.15, 0.2) is 12.3 Å². The highest BCUT2D eigenvalue weighted by Gasteiger charge is 2.10. The van der Waals surface area contributed by atoms with Gasteiger partial charge in [0.15, 0.2) is 0 Å². The van der Waals surface area contributed by atoms with Crippen LogP contribution < -0.4 is 16.8 Å². The van der Waals surface area contributed by atoms with Crippen LogP contribution in [0.25, 0.3) is 0 Å².